The average molecular weight is 274 g/mol. The van der Waals surface area contributed by atoms with E-state index in [2.05, 4.69) is 42.3 Å². The summed E-state index contributed by atoms with van der Waals surface area (Å²) in [5.74, 6) is 0. The van der Waals surface area contributed by atoms with E-state index in [9.17, 15) is 0 Å². The fourth-order valence-corrected chi connectivity index (χ4v) is 3.20. The van der Waals surface area contributed by atoms with Crippen molar-refractivity contribution in [2.45, 2.75) is 51.6 Å². The van der Waals surface area contributed by atoms with Gasteiger partial charge in [0.25, 0.3) is 0 Å². The first-order valence-corrected chi connectivity index (χ1v) is 7.70. The number of thiocarbonyl (C=S) groups is 1. The summed E-state index contributed by atoms with van der Waals surface area (Å²) >= 11 is 5.58. The first-order chi connectivity index (χ1) is 9.15. The minimum absolute atomic E-state index is 0.470. The molecule has 19 heavy (non-hydrogen) atoms. The average Bonchev–Trinajstić information content (AvgIpc) is 3.06. The van der Waals surface area contributed by atoms with Gasteiger partial charge in [-0.3, -0.25) is 0 Å². The Balaban J connectivity index is 1.77. The number of rotatable bonds is 2. The van der Waals surface area contributed by atoms with Gasteiger partial charge < -0.3 is 10.2 Å². The molecule has 3 heteroatoms. The van der Waals surface area contributed by atoms with Crippen molar-refractivity contribution in [1.29, 1.82) is 0 Å². The summed E-state index contributed by atoms with van der Waals surface area (Å²) in [6.07, 6.45) is 5.02. The van der Waals surface area contributed by atoms with Gasteiger partial charge in [0.1, 0.15) is 0 Å². The molecule has 0 amide bonds. The van der Waals surface area contributed by atoms with E-state index in [4.69, 9.17) is 12.2 Å². The van der Waals surface area contributed by atoms with Crippen LogP contribution in [0.5, 0.6) is 0 Å². The number of hydrogen-bond donors (Lipinski definition) is 1. The molecule has 1 unspecified atom stereocenters. The van der Waals surface area contributed by atoms with Crippen LogP contribution in [-0.4, -0.2) is 22.6 Å². The molecular weight excluding hydrogens is 252 g/mol. The minimum atomic E-state index is 0.470. The van der Waals surface area contributed by atoms with Gasteiger partial charge in [-0.2, -0.15) is 0 Å². The van der Waals surface area contributed by atoms with Crippen LogP contribution in [0.2, 0.25) is 0 Å². The molecule has 2 aliphatic rings. The number of hydrogen-bond acceptors (Lipinski definition) is 1. The highest BCUT2D eigenvalue weighted by Crippen LogP contribution is 2.33. The molecule has 1 atom stereocenters. The van der Waals surface area contributed by atoms with Crippen molar-refractivity contribution in [2.24, 2.45) is 0 Å². The highest BCUT2D eigenvalue weighted by atomic mass is 32.1. The van der Waals surface area contributed by atoms with Crippen LogP contribution in [0.3, 0.4) is 0 Å². The van der Waals surface area contributed by atoms with Crippen molar-refractivity contribution in [3.63, 3.8) is 0 Å². The van der Waals surface area contributed by atoms with E-state index in [1.807, 2.05) is 0 Å². The fourth-order valence-electron chi connectivity index (χ4n) is 2.81. The zero-order valence-corrected chi connectivity index (χ0v) is 12.6. The molecule has 1 aromatic carbocycles. The zero-order valence-electron chi connectivity index (χ0n) is 11.8. The number of likely N-dealkylation sites (tertiary alicyclic amines) is 1. The molecule has 3 rings (SSSR count). The fraction of sp³-hybridized carbons (Fsp3) is 0.562. The van der Waals surface area contributed by atoms with Crippen LogP contribution in [0, 0.1) is 13.8 Å². The molecule has 0 bridgehead atoms. The first-order valence-electron chi connectivity index (χ1n) is 7.29. The van der Waals surface area contributed by atoms with Crippen molar-refractivity contribution in [2.75, 3.05) is 6.54 Å². The van der Waals surface area contributed by atoms with Crippen molar-refractivity contribution in [1.82, 2.24) is 10.2 Å². The van der Waals surface area contributed by atoms with Crippen molar-refractivity contribution >= 4 is 17.3 Å². The Hall–Kier alpha value is -1.09. The van der Waals surface area contributed by atoms with Crippen molar-refractivity contribution < 1.29 is 0 Å². The largest absolute Gasteiger partial charge is 0.360 e. The molecule has 0 spiro atoms. The monoisotopic (exact) mass is 274 g/mol. The minimum Gasteiger partial charge on any atom is -0.360 e. The van der Waals surface area contributed by atoms with Crippen molar-refractivity contribution in [3.8, 4) is 0 Å². The Morgan fingerprint density at radius 1 is 1.21 bits per heavy atom. The molecule has 1 heterocycles. The highest BCUT2D eigenvalue weighted by molar-refractivity contribution is 7.80. The van der Waals surface area contributed by atoms with E-state index in [0.717, 1.165) is 11.7 Å². The summed E-state index contributed by atoms with van der Waals surface area (Å²) < 4.78 is 0. The quantitative estimate of drug-likeness (QED) is 0.831. The maximum atomic E-state index is 5.58. The summed E-state index contributed by atoms with van der Waals surface area (Å²) in [6.45, 7) is 5.46. The summed E-state index contributed by atoms with van der Waals surface area (Å²) in [5, 5.41) is 4.44. The molecule has 1 aliphatic carbocycles. The summed E-state index contributed by atoms with van der Waals surface area (Å²) in [5.41, 5.74) is 4.16. The standard InChI is InChI=1S/C16H22N2S/c1-11-5-6-13(10-12(11)2)15-4-3-9-18(15)16(19)17-14-7-8-14/h5-6,10,14-15H,3-4,7-9H2,1-2H3,(H,17,19). The predicted octanol–water partition coefficient (Wildman–Crippen LogP) is 3.48. The second-order valence-electron chi connectivity index (χ2n) is 5.92. The SMILES string of the molecule is Cc1ccc(C2CCCN2C(=S)NC2CC2)cc1C. The maximum Gasteiger partial charge on any atom is 0.169 e. The van der Waals surface area contributed by atoms with Crippen LogP contribution >= 0.6 is 12.2 Å². The van der Waals surface area contributed by atoms with Gasteiger partial charge >= 0.3 is 0 Å². The second kappa shape index (κ2) is 5.12. The molecule has 0 radical (unpaired) electrons. The van der Waals surface area contributed by atoms with Gasteiger partial charge in [-0.25, -0.2) is 0 Å². The van der Waals surface area contributed by atoms with E-state index in [1.54, 1.807) is 0 Å². The van der Waals surface area contributed by atoms with Gasteiger partial charge in [0, 0.05) is 12.6 Å². The Kier molecular flexibility index (Phi) is 3.48. The van der Waals surface area contributed by atoms with Gasteiger partial charge in [-0.05, 0) is 68.4 Å². The van der Waals surface area contributed by atoms with E-state index < -0.39 is 0 Å². The third kappa shape index (κ3) is 2.76. The number of nitrogens with one attached hydrogen (secondary N) is 1. The highest BCUT2D eigenvalue weighted by Gasteiger charge is 2.31. The maximum absolute atomic E-state index is 5.58. The van der Waals surface area contributed by atoms with E-state index in [0.29, 0.717) is 12.1 Å². The molecule has 1 aromatic rings. The summed E-state index contributed by atoms with van der Waals surface area (Å²) in [4.78, 5) is 2.39. The van der Waals surface area contributed by atoms with Gasteiger partial charge in [0.2, 0.25) is 0 Å². The lowest BCUT2D eigenvalue weighted by molar-refractivity contribution is 0.393. The zero-order chi connectivity index (χ0) is 13.4. The van der Waals surface area contributed by atoms with Gasteiger partial charge in [0.05, 0.1) is 6.04 Å². The molecule has 2 nitrogen and oxygen atoms in total. The third-order valence-corrected chi connectivity index (χ3v) is 4.69. The van der Waals surface area contributed by atoms with Gasteiger partial charge in [0.15, 0.2) is 5.11 Å². The predicted molar refractivity (Wildman–Crippen MR) is 83.4 cm³/mol. The molecule has 2 fully saturated rings. The lowest BCUT2D eigenvalue weighted by Crippen LogP contribution is -2.40. The van der Waals surface area contributed by atoms with E-state index in [1.165, 1.54) is 42.4 Å². The molecular formula is C16H22N2S. The van der Waals surface area contributed by atoms with Crippen LogP contribution < -0.4 is 5.32 Å². The van der Waals surface area contributed by atoms with E-state index >= 15 is 0 Å². The van der Waals surface area contributed by atoms with Gasteiger partial charge in [-0.15, -0.1) is 0 Å². The summed E-state index contributed by atoms with van der Waals surface area (Å²) in [6, 6.07) is 7.95. The normalized spacial score (nSPS) is 22.6. The number of benzene rings is 1. The Morgan fingerprint density at radius 2 is 2.00 bits per heavy atom. The van der Waals surface area contributed by atoms with Crippen LogP contribution in [-0.2, 0) is 0 Å². The second-order valence-corrected chi connectivity index (χ2v) is 6.31. The smallest absolute Gasteiger partial charge is 0.169 e. The first kappa shape index (κ1) is 12.9. The van der Waals surface area contributed by atoms with Crippen LogP contribution in [0.4, 0.5) is 0 Å². The molecule has 1 aliphatic heterocycles. The van der Waals surface area contributed by atoms with Gasteiger partial charge in [-0.1, -0.05) is 18.2 Å². The van der Waals surface area contributed by atoms with Crippen molar-refractivity contribution in [3.05, 3.63) is 34.9 Å². The number of aryl methyl sites for hydroxylation is 2. The molecule has 1 N–H and O–H groups in total. The van der Waals surface area contributed by atoms with Crippen LogP contribution in [0.25, 0.3) is 0 Å². The molecule has 102 valence electrons. The Morgan fingerprint density at radius 3 is 2.68 bits per heavy atom. The molecule has 1 saturated heterocycles. The summed E-state index contributed by atoms with van der Waals surface area (Å²) in [7, 11) is 0. The third-order valence-electron chi connectivity index (χ3n) is 4.33. The lowest BCUT2D eigenvalue weighted by atomic mass is 9.99. The topological polar surface area (TPSA) is 15.3 Å². The Bertz CT molecular complexity index is 494. The van der Waals surface area contributed by atoms with Crippen LogP contribution in [0.15, 0.2) is 18.2 Å². The number of nitrogens with zero attached hydrogens (tertiary/aromatic N) is 1. The Labute approximate surface area is 121 Å². The van der Waals surface area contributed by atoms with E-state index in [-0.39, 0.29) is 0 Å². The molecule has 1 saturated carbocycles. The van der Waals surface area contributed by atoms with Crippen LogP contribution in [0.1, 0.15) is 48.4 Å². The lowest BCUT2D eigenvalue weighted by Gasteiger charge is -2.28. The molecule has 0 aromatic heterocycles.